The molecule has 1 amide bonds. The molecule has 124 valence electrons. The number of amides is 1. The van der Waals surface area contributed by atoms with Gasteiger partial charge >= 0.3 is 0 Å². The van der Waals surface area contributed by atoms with Crippen molar-refractivity contribution in [1.82, 2.24) is 0 Å². The molecular weight excluding hydrogens is 326 g/mol. The molecule has 0 saturated carbocycles. The average Bonchev–Trinajstić information content (AvgIpc) is 2.69. The molecule has 3 rings (SSSR count). The fourth-order valence-electron chi connectivity index (χ4n) is 2.31. The minimum atomic E-state index is -0.215. The third-order valence-corrected chi connectivity index (χ3v) is 3.62. The highest BCUT2D eigenvalue weighted by atomic mass is 16.5. The van der Waals surface area contributed by atoms with Crippen LogP contribution in [0.2, 0.25) is 0 Å². The lowest BCUT2D eigenvalue weighted by Crippen LogP contribution is -2.11. The van der Waals surface area contributed by atoms with Gasteiger partial charge in [0.1, 0.15) is 23.6 Å². The van der Waals surface area contributed by atoms with Crippen molar-refractivity contribution in [1.29, 1.82) is 10.5 Å². The van der Waals surface area contributed by atoms with Gasteiger partial charge in [-0.3, -0.25) is 4.79 Å². The minimum Gasteiger partial charge on any atom is -0.457 e. The van der Waals surface area contributed by atoms with Crippen molar-refractivity contribution in [2.45, 2.75) is 0 Å². The molecule has 0 aliphatic rings. The van der Waals surface area contributed by atoms with Gasteiger partial charge in [0.2, 0.25) is 0 Å². The van der Waals surface area contributed by atoms with Gasteiger partial charge in [-0.05, 0) is 54.6 Å². The van der Waals surface area contributed by atoms with Crippen LogP contribution >= 0.6 is 0 Å². The number of hydrogen-bond acceptors (Lipinski definition) is 4. The number of hydrogen-bond donors (Lipinski definition) is 1. The smallest absolute Gasteiger partial charge is 0.255 e. The standard InChI is InChI=1S/C21H13N3O2/c22-13-16-8-11-20(12-17(16)14-23)26-19-9-6-15(7-10-19)21(25)24-18-4-2-1-3-5-18/h1-12H,(H,24,25). The number of para-hydroxylation sites is 1. The zero-order chi connectivity index (χ0) is 18.4. The third-order valence-electron chi connectivity index (χ3n) is 3.62. The van der Waals surface area contributed by atoms with Crippen LogP contribution in [-0.4, -0.2) is 5.91 Å². The zero-order valence-electron chi connectivity index (χ0n) is 13.6. The van der Waals surface area contributed by atoms with Crippen molar-refractivity contribution in [3.63, 3.8) is 0 Å². The fraction of sp³-hybridized carbons (Fsp3) is 0. The van der Waals surface area contributed by atoms with Crippen LogP contribution in [0, 0.1) is 22.7 Å². The molecule has 0 unspecified atom stereocenters. The Kier molecular flexibility index (Phi) is 4.93. The van der Waals surface area contributed by atoms with Crippen LogP contribution in [0.5, 0.6) is 11.5 Å². The maximum absolute atomic E-state index is 12.2. The number of rotatable bonds is 4. The van der Waals surface area contributed by atoms with Gasteiger partial charge in [0.15, 0.2) is 0 Å². The molecule has 0 spiro atoms. The highest BCUT2D eigenvalue weighted by molar-refractivity contribution is 6.04. The van der Waals surface area contributed by atoms with Crippen LogP contribution in [0.4, 0.5) is 5.69 Å². The Balaban J connectivity index is 1.71. The quantitative estimate of drug-likeness (QED) is 0.759. The SMILES string of the molecule is N#Cc1ccc(Oc2ccc(C(=O)Nc3ccccc3)cc2)cc1C#N. The van der Waals surface area contributed by atoms with Crippen LogP contribution < -0.4 is 10.1 Å². The van der Waals surface area contributed by atoms with Crippen molar-refractivity contribution in [2.24, 2.45) is 0 Å². The second kappa shape index (κ2) is 7.65. The monoisotopic (exact) mass is 339 g/mol. The number of nitriles is 2. The van der Waals surface area contributed by atoms with E-state index in [2.05, 4.69) is 5.32 Å². The van der Waals surface area contributed by atoms with E-state index in [0.29, 0.717) is 22.6 Å². The fourth-order valence-corrected chi connectivity index (χ4v) is 2.31. The Morgan fingerprint density at radius 2 is 1.46 bits per heavy atom. The maximum atomic E-state index is 12.2. The number of carbonyl (C=O) groups excluding carboxylic acids is 1. The van der Waals surface area contributed by atoms with Crippen LogP contribution in [0.25, 0.3) is 0 Å². The minimum absolute atomic E-state index is 0.215. The van der Waals surface area contributed by atoms with Gasteiger partial charge in [0.05, 0.1) is 11.1 Å². The van der Waals surface area contributed by atoms with Gasteiger partial charge in [-0.15, -0.1) is 0 Å². The van der Waals surface area contributed by atoms with Gasteiger partial charge in [-0.25, -0.2) is 0 Å². The van der Waals surface area contributed by atoms with E-state index in [1.165, 1.54) is 12.1 Å². The number of anilines is 1. The van der Waals surface area contributed by atoms with Crippen molar-refractivity contribution in [2.75, 3.05) is 5.32 Å². The van der Waals surface area contributed by atoms with Crippen LogP contribution in [-0.2, 0) is 0 Å². The lowest BCUT2D eigenvalue weighted by atomic mass is 10.1. The summed E-state index contributed by atoms with van der Waals surface area (Å²) in [7, 11) is 0. The molecule has 0 atom stereocenters. The molecule has 5 nitrogen and oxygen atoms in total. The summed E-state index contributed by atoms with van der Waals surface area (Å²) in [5.74, 6) is 0.754. The summed E-state index contributed by atoms with van der Waals surface area (Å²) >= 11 is 0. The van der Waals surface area contributed by atoms with Crippen molar-refractivity contribution in [3.8, 4) is 23.6 Å². The normalized spacial score (nSPS) is 9.62. The van der Waals surface area contributed by atoms with E-state index >= 15 is 0 Å². The van der Waals surface area contributed by atoms with Gasteiger partial charge in [-0.2, -0.15) is 10.5 Å². The summed E-state index contributed by atoms with van der Waals surface area (Å²) in [5.41, 5.74) is 1.77. The molecule has 0 radical (unpaired) electrons. The molecule has 0 heterocycles. The van der Waals surface area contributed by atoms with Crippen molar-refractivity contribution < 1.29 is 9.53 Å². The highest BCUT2D eigenvalue weighted by Gasteiger charge is 2.08. The lowest BCUT2D eigenvalue weighted by molar-refractivity contribution is 0.102. The van der Waals surface area contributed by atoms with Gasteiger partial charge in [0.25, 0.3) is 5.91 Å². The Bertz CT molecular complexity index is 1010. The van der Waals surface area contributed by atoms with Gasteiger partial charge in [-0.1, -0.05) is 18.2 Å². The highest BCUT2D eigenvalue weighted by Crippen LogP contribution is 2.24. The predicted molar refractivity (Wildman–Crippen MR) is 96.8 cm³/mol. The number of nitrogens with one attached hydrogen (secondary N) is 1. The molecule has 0 aliphatic heterocycles. The Morgan fingerprint density at radius 1 is 0.808 bits per heavy atom. The van der Waals surface area contributed by atoms with Crippen LogP contribution in [0.15, 0.2) is 72.8 Å². The molecule has 0 bridgehead atoms. The molecule has 0 aromatic heterocycles. The lowest BCUT2D eigenvalue weighted by Gasteiger charge is -2.08. The number of benzene rings is 3. The molecule has 1 N–H and O–H groups in total. The topological polar surface area (TPSA) is 85.9 Å². The molecule has 5 heteroatoms. The first-order valence-corrected chi connectivity index (χ1v) is 7.78. The van der Waals surface area contributed by atoms with Crippen LogP contribution in [0.3, 0.4) is 0 Å². The van der Waals surface area contributed by atoms with Crippen molar-refractivity contribution >= 4 is 11.6 Å². The first kappa shape index (κ1) is 16.8. The predicted octanol–water partition coefficient (Wildman–Crippen LogP) is 4.47. The summed E-state index contributed by atoms with van der Waals surface area (Å²) in [6, 6.07) is 24.4. The number of carbonyl (C=O) groups is 1. The first-order chi connectivity index (χ1) is 12.7. The van der Waals surface area contributed by atoms with E-state index in [-0.39, 0.29) is 11.5 Å². The van der Waals surface area contributed by atoms with Crippen LogP contribution in [0.1, 0.15) is 21.5 Å². The third kappa shape index (κ3) is 3.87. The van der Waals surface area contributed by atoms with E-state index in [1.54, 1.807) is 30.3 Å². The Labute approximate surface area is 150 Å². The Hall–Kier alpha value is -4.09. The largest absolute Gasteiger partial charge is 0.457 e. The van der Waals surface area contributed by atoms with E-state index in [0.717, 1.165) is 5.69 Å². The van der Waals surface area contributed by atoms with E-state index in [1.807, 2.05) is 42.5 Å². The van der Waals surface area contributed by atoms with E-state index < -0.39 is 0 Å². The summed E-state index contributed by atoms with van der Waals surface area (Å²) in [5, 5.41) is 20.8. The van der Waals surface area contributed by atoms with Crippen molar-refractivity contribution in [3.05, 3.63) is 89.5 Å². The van der Waals surface area contributed by atoms with Gasteiger partial charge in [0, 0.05) is 11.3 Å². The molecule has 3 aromatic carbocycles. The molecule has 3 aromatic rings. The molecule has 0 aliphatic carbocycles. The molecule has 0 saturated heterocycles. The first-order valence-electron chi connectivity index (χ1n) is 7.78. The maximum Gasteiger partial charge on any atom is 0.255 e. The summed E-state index contributed by atoms with van der Waals surface area (Å²) in [6.07, 6.45) is 0. The zero-order valence-corrected chi connectivity index (χ0v) is 13.6. The van der Waals surface area contributed by atoms with E-state index in [4.69, 9.17) is 15.3 Å². The average molecular weight is 339 g/mol. The Morgan fingerprint density at radius 3 is 2.12 bits per heavy atom. The summed E-state index contributed by atoms with van der Waals surface area (Å²) in [4.78, 5) is 12.2. The number of ether oxygens (including phenoxy) is 1. The summed E-state index contributed by atoms with van der Waals surface area (Å²) in [6.45, 7) is 0. The second-order valence-corrected chi connectivity index (χ2v) is 5.38. The molecule has 26 heavy (non-hydrogen) atoms. The summed E-state index contributed by atoms with van der Waals surface area (Å²) < 4.78 is 5.68. The van der Waals surface area contributed by atoms with Gasteiger partial charge < -0.3 is 10.1 Å². The molecule has 0 fully saturated rings. The molecular formula is C21H13N3O2. The number of nitrogens with zero attached hydrogens (tertiary/aromatic N) is 2. The van der Waals surface area contributed by atoms with E-state index in [9.17, 15) is 4.79 Å². The second-order valence-electron chi connectivity index (χ2n) is 5.38.